The molecular formula is C30H45N3O4. The zero-order valence-electron chi connectivity index (χ0n) is 23.3. The Morgan fingerprint density at radius 2 is 1.86 bits per heavy atom. The van der Waals surface area contributed by atoms with Crippen LogP contribution in [0.15, 0.2) is 48.5 Å². The Bertz CT molecular complexity index is 1030. The van der Waals surface area contributed by atoms with Crippen LogP contribution >= 0.6 is 0 Å². The molecule has 0 spiro atoms. The van der Waals surface area contributed by atoms with E-state index in [4.69, 9.17) is 10.5 Å². The number of primary amides is 1. The number of aliphatic hydroxyl groups is 1. The minimum absolute atomic E-state index is 0.0443. The summed E-state index contributed by atoms with van der Waals surface area (Å²) in [6.45, 7) is 11.6. The number of amides is 3. The molecule has 1 aliphatic heterocycles. The van der Waals surface area contributed by atoms with Gasteiger partial charge >= 0.3 is 6.03 Å². The van der Waals surface area contributed by atoms with Crippen LogP contribution < -0.4 is 15.8 Å². The summed E-state index contributed by atoms with van der Waals surface area (Å²) in [6.07, 6.45) is 2.65. The summed E-state index contributed by atoms with van der Waals surface area (Å²) in [5, 5.41) is 14.8. The maximum Gasteiger partial charge on any atom is 0.318 e. The van der Waals surface area contributed by atoms with E-state index in [0.29, 0.717) is 25.1 Å². The van der Waals surface area contributed by atoms with Crippen molar-refractivity contribution in [2.75, 3.05) is 20.2 Å². The Labute approximate surface area is 222 Å². The number of rotatable bonds is 9. The number of benzene rings is 2. The molecule has 3 amide bonds. The highest BCUT2D eigenvalue weighted by Crippen LogP contribution is 2.51. The number of methoxy groups -OCH3 is 1. The van der Waals surface area contributed by atoms with E-state index in [1.165, 1.54) is 5.56 Å². The fraction of sp³-hybridized carbons (Fsp3) is 0.533. The normalized spacial score (nSPS) is 23.5. The second-order valence-electron chi connectivity index (χ2n) is 9.72. The van der Waals surface area contributed by atoms with Gasteiger partial charge in [0.1, 0.15) is 5.75 Å². The number of likely N-dealkylation sites (tertiary alicyclic amines) is 1. The van der Waals surface area contributed by atoms with Gasteiger partial charge < -0.3 is 15.6 Å². The number of hydrogen-bond donors (Lipinski definition) is 3. The van der Waals surface area contributed by atoms with Crippen molar-refractivity contribution >= 4 is 11.9 Å². The minimum atomic E-state index is -1.22. The lowest BCUT2D eigenvalue weighted by Gasteiger charge is -2.58. The minimum Gasteiger partial charge on any atom is -0.497 e. The highest BCUT2D eigenvalue weighted by atomic mass is 16.5. The second kappa shape index (κ2) is 13.6. The van der Waals surface area contributed by atoms with Crippen LogP contribution in [0.1, 0.15) is 70.1 Å². The smallest absolute Gasteiger partial charge is 0.318 e. The van der Waals surface area contributed by atoms with E-state index in [9.17, 15) is 14.7 Å². The van der Waals surface area contributed by atoms with Crippen molar-refractivity contribution in [3.8, 4) is 5.75 Å². The largest absolute Gasteiger partial charge is 0.497 e. The predicted octanol–water partition coefficient (Wildman–Crippen LogP) is 4.72. The summed E-state index contributed by atoms with van der Waals surface area (Å²) in [7, 11) is 1.61. The molecule has 0 radical (unpaired) electrons. The monoisotopic (exact) mass is 511 g/mol. The summed E-state index contributed by atoms with van der Waals surface area (Å²) in [6, 6.07) is 15.0. The van der Waals surface area contributed by atoms with Crippen LogP contribution in [0.2, 0.25) is 0 Å². The topological polar surface area (TPSA) is 105 Å². The molecule has 37 heavy (non-hydrogen) atoms. The lowest BCUT2D eigenvalue weighted by molar-refractivity contribution is -0.150. The molecule has 7 heteroatoms. The maximum absolute atomic E-state index is 13.0. The summed E-state index contributed by atoms with van der Waals surface area (Å²) >= 11 is 0. The molecule has 1 heterocycles. The molecule has 0 bridgehead atoms. The molecule has 2 aromatic carbocycles. The first-order valence-electron chi connectivity index (χ1n) is 13.4. The molecule has 204 valence electrons. The van der Waals surface area contributed by atoms with Gasteiger partial charge in [0.15, 0.2) is 0 Å². The molecule has 1 saturated heterocycles. The number of hydrogen-bond acceptors (Lipinski definition) is 5. The van der Waals surface area contributed by atoms with Gasteiger partial charge in [0.25, 0.3) is 0 Å². The molecule has 4 N–H and O–H groups in total. The fourth-order valence-electron chi connectivity index (χ4n) is 5.90. The standard InChI is InChI=1S/C28H39N3O4.C2H6/c1-5-14-28(34)21(3)31(16-13-22-9-7-6-8-10-22)17-15-27(28,19-25(32)30-26(29)33)24-18-23(35-4)12-11-20(24)2;1-2/h6-12,18,21,34H,5,13-17,19H2,1-4H3,(H3,29,30,32,33);1-2H3. The van der Waals surface area contributed by atoms with Crippen LogP contribution in [-0.4, -0.2) is 53.8 Å². The molecule has 1 fully saturated rings. The Balaban J connectivity index is 0.00000235. The van der Waals surface area contributed by atoms with E-state index in [0.717, 1.165) is 30.5 Å². The number of carbonyl (C=O) groups is 2. The van der Waals surface area contributed by atoms with Gasteiger partial charge in [-0.3, -0.25) is 15.0 Å². The van der Waals surface area contributed by atoms with Gasteiger partial charge in [-0.2, -0.15) is 0 Å². The molecule has 1 aliphatic rings. The van der Waals surface area contributed by atoms with Crippen LogP contribution in [0.5, 0.6) is 5.75 Å². The first-order valence-corrected chi connectivity index (χ1v) is 13.4. The molecule has 2 aromatic rings. The number of nitrogens with two attached hydrogens (primary N) is 1. The first-order chi connectivity index (χ1) is 17.7. The number of aryl methyl sites for hydroxylation is 1. The van der Waals surface area contributed by atoms with Gasteiger partial charge in [0.05, 0.1) is 12.7 Å². The summed E-state index contributed by atoms with van der Waals surface area (Å²) < 4.78 is 5.51. The Hall–Kier alpha value is -2.90. The van der Waals surface area contributed by atoms with Crippen LogP contribution in [0.25, 0.3) is 0 Å². The average Bonchev–Trinajstić information content (AvgIpc) is 2.88. The van der Waals surface area contributed by atoms with Gasteiger partial charge in [-0.1, -0.05) is 63.6 Å². The number of nitrogens with one attached hydrogen (secondary N) is 1. The van der Waals surface area contributed by atoms with Crippen LogP contribution in [0.4, 0.5) is 4.79 Å². The quantitative estimate of drug-likeness (QED) is 0.452. The number of imide groups is 1. The van der Waals surface area contributed by atoms with Crippen LogP contribution in [-0.2, 0) is 16.6 Å². The lowest BCUT2D eigenvalue weighted by atomic mass is 9.56. The van der Waals surface area contributed by atoms with Crippen molar-refractivity contribution in [3.05, 3.63) is 65.2 Å². The van der Waals surface area contributed by atoms with E-state index in [1.807, 2.05) is 64.1 Å². The van der Waals surface area contributed by atoms with E-state index in [1.54, 1.807) is 7.11 Å². The van der Waals surface area contributed by atoms with Crippen molar-refractivity contribution < 1.29 is 19.4 Å². The predicted molar refractivity (Wildman–Crippen MR) is 149 cm³/mol. The Morgan fingerprint density at radius 1 is 1.19 bits per heavy atom. The van der Waals surface area contributed by atoms with E-state index < -0.39 is 23.0 Å². The number of ether oxygens (including phenoxy) is 1. The van der Waals surface area contributed by atoms with Gasteiger partial charge in [-0.15, -0.1) is 0 Å². The van der Waals surface area contributed by atoms with Crippen molar-refractivity contribution in [2.45, 2.75) is 83.8 Å². The highest BCUT2D eigenvalue weighted by molar-refractivity contribution is 5.94. The third kappa shape index (κ3) is 6.70. The van der Waals surface area contributed by atoms with Crippen LogP contribution in [0.3, 0.4) is 0 Å². The summed E-state index contributed by atoms with van der Waals surface area (Å²) in [5.41, 5.74) is 6.23. The van der Waals surface area contributed by atoms with Crippen molar-refractivity contribution in [1.29, 1.82) is 0 Å². The zero-order chi connectivity index (χ0) is 27.6. The number of nitrogens with zero attached hydrogens (tertiary/aromatic N) is 1. The lowest BCUT2D eigenvalue weighted by Crippen LogP contribution is -2.68. The van der Waals surface area contributed by atoms with Crippen molar-refractivity contribution in [3.63, 3.8) is 0 Å². The molecule has 7 nitrogen and oxygen atoms in total. The van der Waals surface area contributed by atoms with E-state index in [-0.39, 0.29) is 12.5 Å². The van der Waals surface area contributed by atoms with E-state index >= 15 is 0 Å². The molecule has 0 saturated carbocycles. The number of urea groups is 1. The zero-order valence-corrected chi connectivity index (χ0v) is 23.3. The second-order valence-corrected chi connectivity index (χ2v) is 9.72. The van der Waals surface area contributed by atoms with Crippen molar-refractivity contribution in [1.82, 2.24) is 10.2 Å². The molecule has 3 rings (SSSR count). The number of carbonyl (C=O) groups excluding carboxylic acids is 2. The Morgan fingerprint density at radius 3 is 2.46 bits per heavy atom. The first kappa shape index (κ1) is 30.3. The molecule has 3 unspecified atom stereocenters. The van der Waals surface area contributed by atoms with Gasteiger partial charge in [0, 0.05) is 24.4 Å². The molecule has 3 atom stereocenters. The molecule has 0 aromatic heterocycles. The third-order valence-corrected chi connectivity index (χ3v) is 7.74. The summed E-state index contributed by atoms with van der Waals surface area (Å²) in [5.74, 6) is 0.178. The van der Waals surface area contributed by atoms with Gasteiger partial charge in [-0.25, -0.2) is 4.79 Å². The highest BCUT2D eigenvalue weighted by Gasteiger charge is 2.59. The van der Waals surface area contributed by atoms with Gasteiger partial charge in [-0.05, 0) is 68.5 Å². The van der Waals surface area contributed by atoms with Crippen LogP contribution in [0, 0.1) is 6.92 Å². The summed E-state index contributed by atoms with van der Waals surface area (Å²) in [4.78, 5) is 26.8. The average molecular weight is 512 g/mol. The van der Waals surface area contributed by atoms with Gasteiger partial charge in [0.2, 0.25) is 5.91 Å². The number of piperidine rings is 1. The molecule has 0 aliphatic carbocycles. The molecular weight excluding hydrogens is 466 g/mol. The van der Waals surface area contributed by atoms with E-state index in [2.05, 4.69) is 29.3 Å². The third-order valence-electron chi connectivity index (χ3n) is 7.74. The SMILES string of the molecule is CC.CCCC1(O)C(C)N(CCc2ccccc2)CCC1(CC(=O)NC(N)=O)c1cc(OC)ccc1C. The Kier molecular flexibility index (Phi) is 11.1. The fourth-order valence-corrected chi connectivity index (χ4v) is 5.90. The van der Waals surface area contributed by atoms with Crippen molar-refractivity contribution in [2.24, 2.45) is 5.73 Å². The maximum atomic E-state index is 13.0.